The Labute approximate surface area is 329 Å². The molecular weight excluding hydrogens is 755 g/mol. The van der Waals surface area contributed by atoms with Crippen molar-refractivity contribution in [2.24, 2.45) is 0 Å². The zero-order chi connectivity index (χ0) is 40.7. The van der Waals surface area contributed by atoms with Crippen molar-refractivity contribution in [1.29, 1.82) is 0 Å². The number of ether oxygens (including phenoxy) is 11. The summed E-state index contributed by atoms with van der Waals surface area (Å²) in [6, 6.07) is 0. The van der Waals surface area contributed by atoms with Gasteiger partial charge in [0, 0.05) is 6.61 Å². The van der Waals surface area contributed by atoms with Gasteiger partial charge >= 0.3 is 5.97 Å². The second kappa shape index (κ2) is 38.5. The van der Waals surface area contributed by atoms with Crippen LogP contribution in [0.25, 0.3) is 0 Å². The second-order valence-electron chi connectivity index (χ2n) is 12.4. The largest absolute Gasteiger partial charge is 0.420 e. The fourth-order valence-corrected chi connectivity index (χ4v) is 4.77. The average Bonchev–Trinajstić information content (AvgIpc) is 3.20. The van der Waals surface area contributed by atoms with Gasteiger partial charge in [-0.2, -0.15) is 8.78 Å². The van der Waals surface area contributed by atoms with E-state index in [4.69, 9.17) is 47.4 Å². The number of rotatable bonds is 42. The lowest BCUT2D eigenvalue weighted by Crippen LogP contribution is -2.16. The van der Waals surface area contributed by atoms with Crippen molar-refractivity contribution in [3.8, 4) is 5.75 Å². The molecule has 0 bridgehead atoms. The van der Waals surface area contributed by atoms with Crippen molar-refractivity contribution in [1.82, 2.24) is 0 Å². The van der Waals surface area contributed by atoms with Crippen LogP contribution < -0.4 is 4.74 Å². The molecule has 0 aliphatic heterocycles. The number of carbonyl (C=O) groups is 1. The van der Waals surface area contributed by atoms with E-state index >= 15 is 0 Å². The summed E-state index contributed by atoms with van der Waals surface area (Å²) >= 11 is 0. The normalized spacial score (nSPS) is 11.5. The first-order chi connectivity index (χ1) is 27.4. The number of esters is 1. The van der Waals surface area contributed by atoms with Crippen LogP contribution in [-0.4, -0.2) is 138 Å². The van der Waals surface area contributed by atoms with E-state index in [1.165, 1.54) is 57.8 Å². The van der Waals surface area contributed by atoms with Gasteiger partial charge < -0.3 is 52.1 Å². The second-order valence-corrected chi connectivity index (χ2v) is 12.4. The zero-order valence-corrected chi connectivity index (χ0v) is 33.2. The molecule has 0 saturated carbocycles. The third-order valence-electron chi connectivity index (χ3n) is 7.83. The lowest BCUT2D eigenvalue weighted by atomic mass is 10.1. The van der Waals surface area contributed by atoms with E-state index in [1.54, 1.807) is 0 Å². The number of halogens is 5. The molecule has 0 amide bonds. The maximum absolute atomic E-state index is 13.6. The molecular formula is C39H65F5O12. The highest BCUT2D eigenvalue weighted by atomic mass is 19.2. The Bertz CT molecular complexity index is 1050. The number of unbranched alkanes of at least 4 members (excludes halogenated alkanes) is 9. The van der Waals surface area contributed by atoms with Gasteiger partial charge in [-0.15, -0.1) is 0 Å². The van der Waals surface area contributed by atoms with Crippen LogP contribution in [0.15, 0.2) is 0 Å². The monoisotopic (exact) mass is 820 g/mol. The van der Waals surface area contributed by atoms with E-state index in [9.17, 15) is 26.7 Å². The Morgan fingerprint density at radius 3 is 0.911 bits per heavy atom. The van der Waals surface area contributed by atoms with Crippen molar-refractivity contribution < 1.29 is 78.9 Å². The Balaban J connectivity index is 1.70. The molecule has 17 heteroatoms. The third-order valence-corrected chi connectivity index (χ3v) is 7.83. The van der Waals surface area contributed by atoms with Gasteiger partial charge in [0.2, 0.25) is 34.8 Å². The molecule has 12 nitrogen and oxygen atoms in total. The van der Waals surface area contributed by atoms with Crippen molar-refractivity contribution in [2.45, 2.75) is 77.6 Å². The Morgan fingerprint density at radius 2 is 0.589 bits per heavy atom. The molecule has 0 N–H and O–H groups in total. The Morgan fingerprint density at radius 1 is 0.339 bits per heavy atom. The predicted molar refractivity (Wildman–Crippen MR) is 197 cm³/mol. The summed E-state index contributed by atoms with van der Waals surface area (Å²) in [5.41, 5.74) is 0. The third kappa shape index (κ3) is 29.2. The number of benzene rings is 1. The Hall–Kier alpha value is -2.06. The molecule has 0 aliphatic rings. The van der Waals surface area contributed by atoms with Crippen molar-refractivity contribution in [2.75, 3.05) is 132 Å². The minimum absolute atomic E-state index is 0.0839. The molecule has 0 fully saturated rings. The minimum atomic E-state index is -2.35. The quantitative estimate of drug-likeness (QED) is 0.0173. The summed E-state index contributed by atoms with van der Waals surface area (Å²) in [5, 5.41) is 0. The molecule has 0 heterocycles. The van der Waals surface area contributed by atoms with Crippen LogP contribution in [-0.2, 0) is 52.2 Å². The van der Waals surface area contributed by atoms with Crippen molar-refractivity contribution in [3.63, 3.8) is 0 Å². The van der Waals surface area contributed by atoms with Crippen LogP contribution in [0.5, 0.6) is 5.75 Å². The summed E-state index contributed by atoms with van der Waals surface area (Å²) in [6.07, 6.45) is 12.7. The predicted octanol–water partition coefficient (Wildman–Crippen LogP) is 6.76. The fraction of sp³-hybridized carbons (Fsp3) is 0.821. The highest BCUT2D eigenvalue weighted by molar-refractivity contribution is 5.72. The molecule has 0 saturated heterocycles. The van der Waals surface area contributed by atoms with E-state index in [1.807, 2.05) is 0 Å². The van der Waals surface area contributed by atoms with Gasteiger partial charge in [0.15, 0.2) is 0 Å². The molecule has 0 spiro atoms. The maximum Gasteiger partial charge on any atom is 0.313 e. The lowest BCUT2D eigenvalue weighted by Gasteiger charge is -2.09. The van der Waals surface area contributed by atoms with Gasteiger partial charge in [0.05, 0.1) is 132 Å². The summed E-state index contributed by atoms with van der Waals surface area (Å²) in [5.74, 6) is -14.1. The van der Waals surface area contributed by atoms with E-state index < -0.39 is 47.2 Å². The highest BCUT2D eigenvalue weighted by Gasteiger charge is 2.28. The molecule has 0 unspecified atom stereocenters. The van der Waals surface area contributed by atoms with Gasteiger partial charge in [-0.1, -0.05) is 64.7 Å². The number of carbonyl (C=O) groups excluding carboxylic acids is 1. The van der Waals surface area contributed by atoms with E-state index in [0.29, 0.717) is 99.1 Å². The molecule has 0 aliphatic carbocycles. The first-order valence-electron chi connectivity index (χ1n) is 19.9. The van der Waals surface area contributed by atoms with Gasteiger partial charge in [0.25, 0.3) is 0 Å². The average molecular weight is 821 g/mol. The van der Waals surface area contributed by atoms with E-state index in [0.717, 1.165) is 13.0 Å². The van der Waals surface area contributed by atoms with Gasteiger partial charge in [-0.05, 0) is 6.42 Å². The molecule has 328 valence electrons. The van der Waals surface area contributed by atoms with Gasteiger partial charge in [0.1, 0.15) is 0 Å². The van der Waals surface area contributed by atoms with Gasteiger partial charge in [-0.3, -0.25) is 4.79 Å². The van der Waals surface area contributed by atoms with Crippen LogP contribution in [0.2, 0.25) is 0 Å². The zero-order valence-electron chi connectivity index (χ0n) is 33.2. The molecule has 1 aromatic carbocycles. The first kappa shape index (κ1) is 52.0. The van der Waals surface area contributed by atoms with Crippen LogP contribution in [0, 0.1) is 29.1 Å². The fourth-order valence-electron chi connectivity index (χ4n) is 4.77. The summed E-state index contributed by atoms with van der Waals surface area (Å²) in [6.45, 7) is 10.3. The topological polar surface area (TPSA) is 119 Å². The van der Waals surface area contributed by atoms with Crippen LogP contribution >= 0.6 is 0 Å². The molecule has 0 atom stereocenters. The molecule has 1 aromatic rings. The summed E-state index contributed by atoms with van der Waals surface area (Å²) < 4.78 is 125. The van der Waals surface area contributed by atoms with Crippen LogP contribution in [0.3, 0.4) is 0 Å². The number of hydrogen-bond donors (Lipinski definition) is 0. The SMILES string of the molecule is CCCCCCCCCCCCOCCOCCOCCOCCOCCOCCOCCOCCOCCOCCC(=O)Oc1c(F)c(F)c(F)c(F)c1F. The molecule has 0 radical (unpaired) electrons. The summed E-state index contributed by atoms with van der Waals surface area (Å²) in [7, 11) is 0. The molecule has 0 aromatic heterocycles. The Kier molecular flexibility index (Phi) is 35.7. The first-order valence-corrected chi connectivity index (χ1v) is 19.9. The van der Waals surface area contributed by atoms with E-state index in [-0.39, 0.29) is 26.4 Å². The van der Waals surface area contributed by atoms with Crippen LogP contribution in [0.1, 0.15) is 77.6 Å². The van der Waals surface area contributed by atoms with Crippen molar-refractivity contribution in [3.05, 3.63) is 29.1 Å². The molecule has 56 heavy (non-hydrogen) atoms. The standard InChI is InChI=1S/C39H65F5O12/c1-2-3-4-5-6-7-8-9-10-11-13-46-15-17-48-19-21-50-23-25-52-27-29-54-31-32-55-30-28-53-26-24-51-22-20-49-18-16-47-14-12-33(45)56-39-37(43)35(41)34(40)36(42)38(39)44/h2-32H2,1H3. The highest BCUT2D eigenvalue weighted by Crippen LogP contribution is 2.29. The van der Waals surface area contributed by atoms with E-state index in [2.05, 4.69) is 11.7 Å². The number of hydrogen-bond acceptors (Lipinski definition) is 12. The van der Waals surface area contributed by atoms with Crippen LogP contribution in [0.4, 0.5) is 22.0 Å². The van der Waals surface area contributed by atoms with Crippen molar-refractivity contribution >= 4 is 5.97 Å². The minimum Gasteiger partial charge on any atom is -0.420 e. The van der Waals surface area contributed by atoms with Gasteiger partial charge in [-0.25, -0.2) is 13.2 Å². The smallest absolute Gasteiger partial charge is 0.313 e. The molecule has 1 rings (SSSR count). The lowest BCUT2D eigenvalue weighted by molar-refractivity contribution is -0.136. The maximum atomic E-state index is 13.6. The summed E-state index contributed by atoms with van der Waals surface area (Å²) in [4.78, 5) is 11.7.